The molecule has 0 saturated heterocycles. The number of hydrogen-bond donors (Lipinski definition) is 2. The fourth-order valence-corrected chi connectivity index (χ4v) is 4.03. The summed E-state index contributed by atoms with van der Waals surface area (Å²) in [5, 5.41) is 3.17. The van der Waals surface area contributed by atoms with E-state index in [2.05, 4.69) is 10.0 Å². The molecule has 2 N–H and O–H groups in total. The third-order valence-electron chi connectivity index (χ3n) is 3.35. The minimum Gasteiger partial charge on any atom is -0.495 e. The minimum absolute atomic E-state index is 0.104. The van der Waals surface area contributed by atoms with Crippen molar-refractivity contribution < 1.29 is 17.9 Å². The lowest BCUT2D eigenvalue weighted by Crippen LogP contribution is -2.41. The highest BCUT2D eigenvalue weighted by Gasteiger charge is 2.25. The van der Waals surface area contributed by atoms with Crippen LogP contribution in [0.4, 0.5) is 5.69 Å². The smallest absolute Gasteiger partial charge is 0.245 e. The van der Waals surface area contributed by atoms with Gasteiger partial charge in [-0.25, -0.2) is 8.42 Å². The van der Waals surface area contributed by atoms with Crippen LogP contribution in [0.25, 0.3) is 0 Å². The van der Waals surface area contributed by atoms with Crippen molar-refractivity contribution in [3.05, 3.63) is 51.5 Å². The summed E-state index contributed by atoms with van der Waals surface area (Å²) in [4.78, 5) is 12.1. The third-order valence-corrected chi connectivity index (χ3v) is 5.97. The number of carbonyl (C=O) groups is 1. The number of anilines is 1. The Morgan fingerprint density at radius 3 is 2.50 bits per heavy atom. The Balaban J connectivity index is 2.20. The van der Waals surface area contributed by atoms with Gasteiger partial charge in [0.25, 0.3) is 0 Å². The first-order valence-electron chi connectivity index (χ1n) is 7.26. The van der Waals surface area contributed by atoms with Crippen molar-refractivity contribution in [3.8, 4) is 5.75 Å². The summed E-state index contributed by atoms with van der Waals surface area (Å²) in [5.74, 6) is -0.508. The molecular weight excluding hydrogens is 423 g/mol. The van der Waals surface area contributed by atoms with Gasteiger partial charge in [-0.1, -0.05) is 40.9 Å². The SMILES string of the molecule is COc1ccc(Cl)cc1S(=O)(=O)N[C@H](C)C(=O)Nc1cccc(Cl)c1Cl. The van der Waals surface area contributed by atoms with Crippen LogP contribution in [0.3, 0.4) is 0 Å². The largest absolute Gasteiger partial charge is 0.495 e. The Morgan fingerprint density at radius 2 is 1.85 bits per heavy atom. The highest BCUT2D eigenvalue weighted by atomic mass is 35.5. The van der Waals surface area contributed by atoms with E-state index in [4.69, 9.17) is 39.5 Å². The molecule has 0 unspecified atom stereocenters. The standard InChI is InChI=1S/C16H15Cl3N2O4S/c1-9(16(22)20-12-5-3-4-11(18)15(12)19)21-26(23,24)14-8-10(17)6-7-13(14)25-2/h3-9,21H,1-2H3,(H,20,22)/t9-/m1/s1. The number of halogens is 3. The second-order valence-corrected chi connectivity index (χ2v) is 8.13. The maximum Gasteiger partial charge on any atom is 0.245 e. The van der Waals surface area contributed by atoms with Gasteiger partial charge >= 0.3 is 0 Å². The van der Waals surface area contributed by atoms with Crippen molar-refractivity contribution >= 4 is 56.4 Å². The molecule has 6 nitrogen and oxygen atoms in total. The molecule has 0 spiro atoms. The van der Waals surface area contributed by atoms with Crippen LogP contribution in [0.1, 0.15) is 6.92 Å². The second kappa shape index (κ2) is 8.45. The molecule has 1 amide bonds. The third kappa shape index (κ3) is 4.81. The fraction of sp³-hybridized carbons (Fsp3) is 0.188. The predicted molar refractivity (Wildman–Crippen MR) is 103 cm³/mol. The first-order chi connectivity index (χ1) is 12.2. The van der Waals surface area contributed by atoms with Gasteiger partial charge in [0.15, 0.2) is 0 Å². The highest BCUT2D eigenvalue weighted by molar-refractivity contribution is 7.89. The van der Waals surface area contributed by atoms with E-state index in [9.17, 15) is 13.2 Å². The molecule has 2 aromatic rings. The van der Waals surface area contributed by atoms with Gasteiger partial charge in [-0.3, -0.25) is 4.79 Å². The van der Waals surface area contributed by atoms with E-state index in [-0.39, 0.29) is 31.4 Å². The summed E-state index contributed by atoms with van der Waals surface area (Å²) >= 11 is 17.8. The summed E-state index contributed by atoms with van der Waals surface area (Å²) < 4.78 is 32.5. The van der Waals surface area contributed by atoms with E-state index < -0.39 is 22.0 Å². The normalized spacial score (nSPS) is 12.5. The average molecular weight is 438 g/mol. The van der Waals surface area contributed by atoms with Crippen LogP contribution in [0.5, 0.6) is 5.75 Å². The molecule has 0 aliphatic carbocycles. The zero-order valence-electron chi connectivity index (χ0n) is 13.7. The van der Waals surface area contributed by atoms with Gasteiger partial charge in [0, 0.05) is 5.02 Å². The van der Waals surface area contributed by atoms with E-state index in [0.29, 0.717) is 0 Å². The number of benzene rings is 2. The second-order valence-electron chi connectivity index (χ2n) is 5.23. The molecule has 2 aromatic carbocycles. The molecule has 0 aliphatic heterocycles. The van der Waals surface area contributed by atoms with Gasteiger partial charge in [0.2, 0.25) is 15.9 Å². The first-order valence-corrected chi connectivity index (χ1v) is 9.88. The predicted octanol–water partition coefficient (Wildman–Crippen LogP) is 3.96. The van der Waals surface area contributed by atoms with Gasteiger partial charge in [-0.05, 0) is 37.3 Å². The molecule has 10 heteroatoms. The molecule has 0 saturated carbocycles. The van der Waals surface area contributed by atoms with Crippen LogP contribution < -0.4 is 14.8 Å². The maximum absolute atomic E-state index is 12.6. The zero-order valence-corrected chi connectivity index (χ0v) is 16.8. The molecular formula is C16H15Cl3N2O4S. The molecule has 0 bridgehead atoms. The van der Waals surface area contributed by atoms with Gasteiger partial charge in [0.1, 0.15) is 10.6 Å². The number of amides is 1. The number of nitrogens with one attached hydrogen (secondary N) is 2. The van der Waals surface area contributed by atoms with Crippen LogP contribution in [-0.4, -0.2) is 27.5 Å². The highest BCUT2D eigenvalue weighted by Crippen LogP contribution is 2.30. The molecule has 1 atom stereocenters. The van der Waals surface area contributed by atoms with E-state index >= 15 is 0 Å². The molecule has 2 rings (SSSR count). The van der Waals surface area contributed by atoms with E-state index in [0.717, 1.165) is 0 Å². The van der Waals surface area contributed by atoms with Crippen molar-refractivity contribution in [3.63, 3.8) is 0 Å². The van der Waals surface area contributed by atoms with Crippen molar-refractivity contribution in [2.45, 2.75) is 17.9 Å². The number of rotatable bonds is 6. The molecule has 0 aromatic heterocycles. The molecule has 140 valence electrons. The summed E-state index contributed by atoms with van der Waals surface area (Å²) in [6.07, 6.45) is 0. The van der Waals surface area contributed by atoms with Crippen LogP contribution in [0, 0.1) is 0 Å². The number of methoxy groups -OCH3 is 1. The number of ether oxygens (including phenoxy) is 1. The Bertz CT molecular complexity index is 935. The van der Waals surface area contributed by atoms with Crippen LogP contribution in [-0.2, 0) is 14.8 Å². The Kier molecular flexibility index (Phi) is 6.76. The number of hydrogen-bond acceptors (Lipinski definition) is 4. The Morgan fingerprint density at radius 1 is 1.15 bits per heavy atom. The lowest BCUT2D eigenvalue weighted by Gasteiger charge is -2.16. The molecule has 0 heterocycles. The lowest BCUT2D eigenvalue weighted by atomic mass is 10.3. The van der Waals surface area contributed by atoms with Crippen molar-refractivity contribution in [2.24, 2.45) is 0 Å². The van der Waals surface area contributed by atoms with Crippen LogP contribution in [0.15, 0.2) is 41.3 Å². The monoisotopic (exact) mass is 436 g/mol. The van der Waals surface area contributed by atoms with E-state index in [1.54, 1.807) is 18.2 Å². The fourth-order valence-electron chi connectivity index (χ4n) is 2.05. The van der Waals surface area contributed by atoms with Crippen LogP contribution >= 0.6 is 34.8 Å². The molecule has 0 radical (unpaired) electrons. The van der Waals surface area contributed by atoms with Gasteiger partial charge < -0.3 is 10.1 Å². The quantitative estimate of drug-likeness (QED) is 0.716. The van der Waals surface area contributed by atoms with Crippen molar-refractivity contribution in [1.82, 2.24) is 4.72 Å². The Hall–Kier alpha value is -1.51. The van der Waals surface area contributed by atoms with Gasteiger partial charge in [-0.2, -0.15) is 4.72 Å². The van der Waals surface area contributed by atoms with Gasteiger partial charge in [0.05, 0.1) is 28.9 Å². The molecule has 26 heavy (non-hydrogen) atoms. The maximum atomic E-state index is 12.6. The Labute approximate surface area is 166 Å². The first kappa shape index (κ1) is 20.8. The molecule has 0 fully saturated rings. The van der Waals surface area contributed by atoms with E-state index in [1.165, 1.54) is 32.2 Å². The summed E-state index contributed by atoms with van der Waals surface area (Å²) in [5.41, 5.74) is 0.274. The summed E-state index contributed by atoms with van der Waals surface area (Å²) in [7, 11) is -2.73. The summed E-state index contributed by atoms with van der Waals surface area (Å²) in [6, 6.07) is 7.78. The zero-order chi connectivity index (χ0) is 19.5. The van der Waals surface area contributed by atoms with Crippen LogP contribution in [0.2, 0.25) is 15.1 Å². The number of sulfonamides is 1. The summed E-state index contributed by atoms with van der Waals surface area (Å²) in [6.45, 7) is 1.39. The lowest BCUT2D eigenvalue weighted by molar-refractivity contribution is -0.117. The number of carbonyl (C=O) groups excluding carboxylic acids is 1. The topological polar surface area (TPSA) is 84.5 Å². The molecule has 0 aliphatic rings. The van der Waals surface area contributed by atoms with Gasteiger partial charge in [-0.15, -0.1) is 0 Å². The van der Waals surface area contributed by atoms with Crippen molar-refractivity contribution in [1.29, 1.82) is 0 Å². The average Bonchev–Trinajstić information content (AvgIpc) is 2.58. The minimum atomic E-state index is -4.06. The van der Waals surface area contributed by atoms with E-state index in [1.807, 2.05) is 0 Å². The van der Waals surface area contributed by atoms with Crippen molar-refractivity contribution in [2.75, 3.05) is 12.4 Å².